The fourth-order valence-corrected chi connectivity index (χ4v) is 4.50. The van der Waals surface area contributed by atoms with Crippen LogP contribution in [-0.4, -0.2) is 34.1 Å². The zero-order valence-electron chi connectivity index (χ0n) is 18.2. The van der Waals surface area contributed by atoms with E-state index in [4.69, 9.17) is 11.6 Å². The number of halogens is 1. The maximum Gasteiger partial charge on any atom is 0.175 e. The molecule has 1 N–H and O–H groups in total. The third kappa shape index (κ3) is 4.11. The SMILES string of the molecule is Cn1c(-c2cccc(S(C)(=O)=O)c2)ccc1-c1cc(C(C)(C)O)nn1-c1ccccc1Cl. The number of benzene rings is 2. The van der Waals surface area contributed by atoms with Crippen molar-refractivity contribution in [1.82, 2.24) is 14.3 Å². The van der Waals surface area contributed by atoms with Crippen LogP contribution < -0.4 is 0 Å². The lowest BCUT2D eigenvalue weighted by Crippen LogP contribution is -2.16. The van der Waals surface area contributed by atoms with Crippen molar-refractivity contribution in [1.29, 1.82) is 0 Å². The first-order chi connectivity index (χ1) is 15.0. The smallest absolute Gasteiger partial charge is 0.175 e. The number of aromatic nitrogens is 3. The lowest BCUT2D eigenvalue weighted by molar-refractivity contribution is 0.0734. The highest BCUT2D eigenvalue weighted by Crippen LogP contribution is 2.34. The summed E-state index contributed by atoms with van der Waals surface area (Å²) in [6.07, 6.45) is 1.20. The summed E-state index contributed by atoms with van der Waals surface area (Å²) in [6, 6.07) is 20.0. The van der Waals surface area contributed by atoms with Crippen LogP contribution in [0.1, 0.15) is 19.5 Å². The van der Waals surface area contributed by atoms with E-state index in [-0.39, 0.29) is 4.90 Å². The van der Waals surface area contributed by atoms with Crippen LogP contribution in [0.25, 0.3) is 28.3 Å². The molecule has 0 atom stereocenters. The van der Waals surface area contributed by atoms with E-state index >= 15 is 0 Å². The largest absolute Gasteiger partial charge is 0.384 e. The molecular weight excluding hydrogens is 446 g/mol. The Morgan fingerprint density at radius 1 is 0.938 bits per heavy atom. The quantitative estimate of drug-likeness (QED) is 0.454. The zero-order chi connectivity index (χ0) is 23.3. The molecule has 0 spiro atoms. The van der Waals surface area contributed by atoms with Crippen molar-refractivity contribution in [2.75, 3.05) is 6.26 Å². The molecule has 0 aliphatic carbocycles. The number of sulfone groups is 1. The van der Waals surface area contributed by atoms with Crippen LogP contribution in [0.2, 0.25) is 5.02 Å². The molecule has 0 fully saturated rings. The van der Waals surface area contributed by atoms with Gasteiger partial charge in [-0.25, -0.2) is 13.1 Å². The van der Waals surface area contributed by atoms with Crippen LogP contribution in [0.15, 0.2) is 71.6 Å². The standard InChI is InChI=1S/C24H24ClN3O3S/c1-24(2,29)23-15-22(28(26-23)20-11-6-5-10-18(20)25)21-13-12-19(27(21)3)16-8-7-9-17(14-16)32(4,30)31/h5-15,29H,1-4H3. The second-order valence-electron chi connectivity index (χ2n) is 8.30. The molecule has 0 unspecified atom stereocenters. The van der Waals surface area contributed by atoms with Gasteiger partial charge in [0.1, 0.15) is 5.60 Å². The molecule has 0 aliphatic heterocycles. The first kappa shape index (κ1) is 22.3. The van der Waals surface area contributed by atoms with Gasteiger partial charge in [0.25, 0.3) is 0 Å². The highest BCUT2D eigenvalue weighted by atomic mass is 35.5. The van der Waals surface area contributed by atoms with E-state index < -0.39 is 15.4 Å². The van der Waals surface area contributed by atoms with Crippen molar-refractivity contribution >= 4 is 21.4 Å². The average Bonchev–Trinajstić information content (AvgIpc) is 3.31. The second kappa shape index (κ2) is 7.92. The van der Waals surface area contributed by atoms with Crippen molar-refractivity contribution in [3.05, 3.63) is 77.4 Å². The molecule has 2 aromatic heterocycles. The Balaban J connectivity index is 1.90. The Bertz CT molecular complexity index is 1410. The van der Waals surface area contributed by atoms with Gasteiger partial charge in [0, 0.05) is 19.0 Å². The Labute approximate surface area is 192 Å². The summed E-state index contributed by atoms with van der Waals surface area (Å²) in [7, 11) is -1.41. The second-order valence-corrected chi connectivity index (χ2v) is 10.7. The Morgan fingerprint density at radius 3 is 2.28 bits per heavy atom. The minimum Gasteiger partial charge on any atom is -0.384 e. The maximum atomic E-state index is 12.0. The molecule has 0 aliphatic rings. The topological polar surface area (TPSA) is 77.1 Å². The van der Waals surface area contributed by atoms with Crippen molar-refractivity contribution in [2.24, 2.45) is 7.05 Å². The van der Waals surface area contributed by atoms with Crippen molar-refractivity contribution in [3.63, 3.8) is 0 Å². The monoisotopic (exact) mass is 469 g/mol. The number of hydrogen-bond acceptors (Lipinski definition) is 4. The van der Waals surface area contributed by atoms with Gasteiger partial charge < -0.3 is 9.67 Å². The van der Waals surface area contributed by atoms with Gasteiger partial charge in [-0.15, -0.1) is 0 Å². The number of rotatable bonds is 5. The molecule has 0 bridgehead atoms. The molecule has 0 amide bonds. The van der Waals surface area contributed by atoms with E-state index in [1.54, 1.807) is 42.8 Å². The van der Waals surface area contributed by atoms with Crippen LogP contribution in [0.3, 0.4) is 0 Å². The van der Waals surface area contributed by atoms with E-state index in [1.165, 1.54) is 6.26 Å². The summed E-state index contributed by atoms with van der Waals surface area (Å²) in [5.41, 5.74) is 3.29. The van der Waals surface area contributed by atoms with Gasteiger partial charge in [-0.2, -0.15) is 5.10 Å². The number of hydrogen-bond donors (Lipinski definition) is 1. The van der Waals surface area contributed by atoms with Gasteiger partial charge in [0.15, 0.2) is 9.84 Å². The molecule has 2 aromatic carbocycles. The molecule has 0 saturated carbocycles. The average molecular weight is 470 g/mol. The highest BCUT2D eigenvalue weighted by Gasteiger charge is 2.25. The number of aliphatic hydroxyl groups is 1. The first-order valence-corrected chi connectivity index (χ1v) is 12.3. The van der Waals surface area contributed by atoms with Crippen molar-refractivity contribution in [3.8, 4) is 28.3 Å². The maximum absolute atomic E-state index is 12.0. The minimum atomic E-state index is -3.32. The van der Waals surface area contributed by atoms with Crippen molar-refractivity contribution < 1.29 is 13.5 Å². The summed E-state index contributed by atoms with van der Waals surface area (Å²) >= 11 is 6.46. The molecule has 4 rings (SSSR count). The zero-order valence-corrected chi connectivity index (χ0v) is 19.8. The summed E-state index contributed by atoms with van der Waals surface area (Å²) in [5.74, 6) is 0. The predicted octanol–water partition coefficient (Wildman–Crippen LogP) is 4.83. The van der Waals surface area contributed by atoms with E-state index in [9.17, 15) is 13.5 Å². The molecular formula is C24H24ClN3O3S. The van der Waals surface area contributed by atoms with E-state index in [0.717, 1.165) is 22.6 Å². The van der Waals surface area contributed by atoms with E-state index in [2.05, 4.69) is 5.10 Å². The van der Waals surface area contributed by atoms with Gasteiger partial charge in [0.2, 0.25) is 0 Å². The van der Waals surface area contributed by atoms with E-state index in [1.807, 2.05) is 54.1 Å². The molecule has 2 heterocycles. The van der Waals surface area contributed by atoms with Crippen LogP contribution in [0, 0.1) is 0 Å². The summed E-state index contributed by atoms with van der Waals surface area (Å²) in [5, 5.41) is 15.8. The summed E-state index contributed by atoms with van der Waals surface area (Å²) in [4.78, 5) is 0.267. The molecule has 4 aromatic rings. The normalized spacial score (nSPS) is 12.3. The summed E-state index contributed by atoms with van der Waals surface area (Å²) < 4.78 is 27.7. The molecule has 0 saturated heterocycles. The van der Waals surface area contributed by atoms with Gasteiger partial charge in [0.05, 0.1) is 32.7 Å². The fourth-order valence-electron chi connectivity index (χ4n) is 3.61. The fraction of sp³-hybridized carbons (Fsp3) is 0.208. The molecule has 0 radical (unpaired) electrons. The van der Waals surface area contributed by atoms with Crippen LogP contribution in [0.5, 0.6) is 0 Å². The lowest BCUT2D eigenvalue weighted by atomic mass is 10.1. The summed E-state index contributed by atoms with van der Waals surface area (Å²) in [6.45, 7) is 3.37. The molecule has 8 heteroatoms. The highest BCUT2D eigenvalue weighted by molar-refractivity contribution is 7.90. The van der Waals surface area contributed by atoms with Crippen LogP contribution >= 0.6 is 11.6 Å². The Kier molecular flexibility index (Phi) is 5.53. The molecule has 6 nitrogen and oxygen atoms in total. The molecule has 166 valence electrons. The molecule has 32 heavy (non-hydrogen) atoms. The van der Waals surface area contributed by atoms with Gasteiger partial charge in [-0.3, -0.25) is 0 Å². The number of nitrogens with zero attached hydrogens (tertiary/aromatic N) is 3. The Morgan fingerprint density at radius 2 is 1.62 bits per heavy atom. The Hall–Kier alpha value is -2.87. The third-order valence-corrected chi connectivity index (χ3v) is 6.79. The van der Waals surface area contributed by atoms with Crippen LogP contribution in [-0.2, 0) is 22.5 Å². The predicted molar refractivity (Wildman–Crippen MR) is 127 cm³/mol. The lowest BCUT2D eigenvalue weighted by Gasteiger charge is -2.13. The third-order valence-electron chi connectivity index (χ3n) is 5.36. The minimum absolute atomic E-state index is 0.267. The van der Waals surface area contributed by atoms with Gasteiger partial charge in [-0.05, 0) is 61.9 Å². The van der Waals surface area contributed by atoms with Gasteiger partial charge in [-0.1, -0.05) is 35.9 Å². The van der Waals surface area contributed by atoms with E-state index in [0.29, 0.717) is 16.4 Å². The number of para-hydroxylation sites is 1. The first-order valence-electron chi connectivity index (χ1n) is 10.0. The van der Waals surface area contributed by atoms with Crippen LogP contribution in [0.4, 0.5) is 0 Å². The van der Waals surface area contributed by atoms with Crippen molar-refractivity contribution in [2.45, 2.75) is 24.3 Å². The van der Waals surface area contributed by atoms with Gasteiger partial charge >= 0.3 is 0 Å².